The van der Waals surface area contributed by atoms with E-state index < -0.39 is 8.07 Å². The molecular formula is C14H12ClFSi. The second kappa shape index (κ2) is 3.44. The van der Waals surface area contributed by atoms with Gasteiger partial charge in [-0.05, 0) is 39.7 Å². The maximum absolute atomic E-state index is 13.4. The van der Waals surface area contributed by atoms with Crippen LogP contribution in [0.1, 0.15) is 0 Å². The van der Waals surface area contributed by atoms with E-state index in [4.69, 9.17) is 11.6 Å². The Balaban J connectivity index is 2.42. The van der Waals surface area contributed by atoms with Crippen LogP contribution in [-0.2, 0) is 0 Å². The topological polar surface area (TPSA) is 0 Å². The van der Waals surface area contributed by atoms with Gasteiger partial charge in [0.1, 0.15) is 13.9 Å². The number of halogens is 2. The van der Waals surface area contributed by atoms with Gasteiger partial charge < -0.3 is 0 Å². The molecule has 1 aliphatic rings. The maximum Gasteiger partial charge on any atom is 0.123 e. The molecule has 3 rings (SSSR count). The van der Waals surface area contributed by atoms with Gasteiger partial charge in [-0.25, -0.2) is 4.39 Å². The first-order chi connectivity index (χ1) is 8.01. The first kappa shape index (κ1) is 11.0. The van der Waals surface area contributed by atoms with Crippen LogP contribution in [-0.4, -0.2) is 8.07 Å². The Kier molecular flexibility index (Phi) is 2.22. The molecule has 2 aromatic rings. The Morgan fingerprint density at radius 3 is 2.59 bits per heavy atom. The number of hydrogen-bond acceptors (Lipinski definition) is 0. The number of rotatable bonds is 0. The lowest BCUT2D eigenvalue weighted by Crippen LogP contribution is -2.49. The summed E-state index contributed by atoms with van der Waals surface area (Å²) in [4.78, 5) is 0. The summed E-state index contributed by atoms with van der Waals surface area (Å²) in [5, 5.41) is 3.21. The minimum Gasteiger partial charge on any atom is -0.207 e. The van der Waals surface area contributed by atoms with Crippen LogP contribution < -0.4 is 10.4 Å². The van der Waals surface area contributed by atoms with Crippen molar-refractivity contribution in [3.8, 4) is 11.1 Å². The van der Waals surface area contributed by atoms with Crippen molar-refractivity contribution in [1.29, 1.82) is 0 Å². The zero-order valence-corrected chi connectivity index (χ0v) is 11.5. The second-order valence-corrected chi connectivity index (χ2v) is 9.67. The Morgan fingerprint density at radius 2 is 1.82 bits per heavy atom. The predicted molar refractivity (Wildman–Crippen MR) is 73.6 cm³/mol. The maximum atomic E-state index is 13.4. The molecule has 0 N–H and O–H groups in total. The quantitative estimate of drug-likeness (QED) is 0.639. The van der Waals surface area contributed by atoms with Crippen molar-refractivity contribution >= 4 is 30.0 Å². The molecule has 3 heteroatoms. The van der Waals surface area contributed by atoms with Crippen LogP contribution in [0.25, 0.3) is 11.1 Å². The highest BCUT2D eigenvalue weighted by atomic mass is 35.5. The fourth-order valence-corrected chi connectivity index (χ4v) is 6.90. The molecule has 0 amide bonds. The predicted octanol–water partition coefficient (Wildman–Crippen LogP) is 3.28. The van der Waals surface area contributed by atoms with E-state index in [9.17, 15) is 4.39 Å². The largest absolute Gasteiger partial charge is 0.207 e. The molecule has 0 radical (unpaired) electrons. The molecule has 0 saturated carbocycles. The summed E-state index contributed by atoms with van der Waals surface area (Å²) < 4.78 is 13.4. The number of benzene rings is 2. The molecule has 2 aromatic carbocycles. The van der Waals surface area contributed by atoms with E-state index in [0.29, 0.717) is 0 Å². The fraction of sp³-hybridized carbons (Fsp3) is 0.143. The molecule has 0 aliphatic carbocycles. The smallest absolute Gasteiger partial charge is 0.123 e. The summed E-state index contributed by atoms with van der Waals surface area (Å²) in [6, 6.07) is 11.1. The Hall–Kier alpha value is -1.12. The fourth-order valence-electron chi connectivity index (χ4n) is 2.79. The van der Waals surface area contributed by atoms with Gasteiger partial charge in [0.05, 0.1) is 0 Å². The van der Waals surface area contributed by atoms with Crippen LogP contribution in [0.5, 0.6) is 0 Å². The standard InChI is InChI=1S/C14H12ClFSi/c1-17(2)13-8-9(16)6-7-10(13)11-4-3-5-12(15)14(11)17/h3-8H,1-2H3. The van der Waals surface area contributed by atoms with E-state index in [1.807, 2.05) is 18.2 Å². The van der Waals surface area contributed by atoms with Gasteiger partial charge in [0.25, 0.3) is 0 Å². The van der Waals surface area contributed by atoms with E-state index in [0.717, 1.165) is 15.8 Å². The molecule has 0 saturated heterocycles. The summed E-state index contributed by atoms with van der Waals surface area (Å²) in [6.45, 7) is 4.45. The average Bonchev–Trinajstić information content (AvgIpc) is 2.49. The minimum absolute atomic E-state index is 0.159. The zero-order chi connectivity index (χ0) is 12.2. The number of fused-ring (bicyclic) bond motifs is 3. The molecule has 0 spiro atoms. The van der Waals surface area contributed by atoms with Crippen molar-refractivity contribution in [3.63, 3.8) is 0 Å². The normalized spacial score (nSPS) is 15.5. The molecule has 0 bridgehead atoms. The highest BCUT2D eigenvalue weighted by Crippen LogP contribution is 2.31. The lowest BCUT2D eigenvalue weighted by molar-refractivity contribution is 0.629. The first-order valence-corrected chi connectivity index (χ1v) is 8.99. The molecule has 17 heavy (non-hydrogen) atoms. The van der Waals surface area contributed by atoms with Crippen molar-refractivity contribution in [2.45, 2.75) is 13.1 Å². The van der Waals surface area contributed by atoms with Gasteiger partial charge in [-0.2, -0.15) is 0 Å². The highest BCUT2D eigenvalue weighted by Gasteiger charge is 2.39. The molecule has 0 unspecified atom stereocenters. The third kappa shape index (κ3) is 1.41. The van der Waals surface area contributed by atoms with Crippen molar-refractivity contribution < 1.29 is 4.39 Å². The van der Waals surface area contributed by atoms with Crippen LogP contribution in [0.4, 0.5) is 4.39 Å². The molecule has 0 nitrogen and oxygen atoms in total. The summed E-state index contributed by atoms with van der Waals surface area (Å²) in [5.41, 5.74) is 2.34. The van der Waals surface area contributed by atoms with Gasteiger partial charge >= 0.3 is 0 Å². The van der Waals surface area contributed by atoms with Gasteiger partial charge in [-0.15, -0.1) is 0 Å². The van der Waals surface area contributed by atoms with Gasteiger partial charge in [0, 0.05) is 5.02 Å². The molecule has 0 aromatic heterocycles. The summed E-state index contributed by atoms with van der Waals surface area (Å²) >= 11 is 6.33. The van der Waals surface area contributed by atoms with E-state index >= 15 is 0 Å². The molecule has 0 atom stereocenters. The Bertz CT molecular complexity index is 620. The Morgan fingerprint density at radius 1 is 1.06 bits per heavy atom. The minimum atomic E-state index is -1.83. The summed E-state index contributed by atoms with van der Waals surface area (Å²) in [5.74, 6) is -0.159. The van der Waals surface area contributed by atoms with Crippen molar-refractivity contribution in [3.05, 3.63) is 47.2 Å². The molecular weight excluding hydrogens is 251 g/mol. The van der Waals surface area contributed by atoms with Crippen LogP contribution in [0.15, 0.2) is 36.4 Å². The Labute approximate surface area is 106 Å². The monoisotopic (exact) mass is 262 g/mol. The van der Waals surface area contributed by atoms with Gasteiger partial charge in [-0.3, -0.25) is 0 Å². The first-order valence-electron chi connectivity index (χ1n) is 5.61. The summed E-state index contributed by atoms with van der Waals surface area (Å²) in [6.07, 6.45) is 0. The number of hydrogen-bond donors (Lipinski definition) is 0. The van der Waals surface area contributed by atoms with Crippen LogP contribution >= 0.6 is 11.6 Å². The summed E-state index contributed by atoms with van der Waals surface area (Å²) in [7, 11) is -1.83. The molecule has 0 fully saturated rings. The van der Waals surface area contributed by atoms with Gasteiger partial charge in [-0.1, -0.05) is 42.9 Å². The molecule has 1 heterocycles. The van der Waals surface area contributed by atoms with Crippen molar-refractivity contribution in [1.82, 2.24) is 0 Å². The lowest BCUT2D eigenvalue weighted by atomic mass is 10.1. The third-order valence-corrected chi connectivity index (χ3v) is 7.61. The van der Waals surface area contributed by atoms with E-state index in [1.54, 1.807) is 6.07 Å². The molecule has 1 aliphatic heterocycles. The lowest BCUT2D eigenvalue weighted by Gasteiger charge is -2.19. The van der Waals surface area contributed by atoms with Crippen molar-refractivity contribution in [2.24, 2.45) is 0 Å². The SMILES string of the molecule is C[Si]1(C)c2cc(F)ccc2-c2cccc(Cl)c21. The average molecular weight is 263 g/mol. The van der Waals surface area contributed by atoms with Gasteiger partial charge in [0.2, 0.25) is 0 Å². The van der Waals surface area contributed by atoms with E-state index in [1.165, 1.54) is 16.8 Å². The van der Waals surface area contributed by atoms with Crippen LogP contribution in [0.3, 0.4) is 0 Å². The van der Waals surface area contributed by atoms with Crippen LogP contribution in [0, 0.1) is 5.82 Å². The van der Waals surface area contributed by atoms with E-state index in [2.05, 4.69) is 19.2 Å². The van der Waals surface area contributed by atoms with Crippen molar-refractivity contribution in [2.75, 3.05) is 0 Å². The zero-order valence-electron chi connectivity index (χ0n) is 9.72. The molecule has 86 valence electrons. The van der Waals surface area contributed by atoms with E-state index in [-0.39, 0.29) is 5.82 Å². The van der Waals surface area contributed by atoms with Crippen LogP contribution in [0.2, 0.25) is 18.1 Å². The highest BCUT2D eigenvalue weighted by molar-refractivity contribution is 7.04. The van der Waals surface area contributed by atoms with Gasteiger partial charge in [0.15, 0.2) is 0 Å². The third-order valence-electron chi connectivity index (χ3n) is 3.58. The second-order valence-electron chi connectivity index (χ2n) is 4.98.